The predicted molar refractivity (Wildman–Crippen MR) is 107 cm³/mol. The molecule has 0 fully saturated rings. The first-order valence-corrected chi connectivity index (χ1v) is 9.34. The summed E-state index contributed by atoms with van der Waals surface area (Å²) >= 11 is 7.09. The summed E-state index contributed by atoms with van der Waals surface area (Å²) in [7, 11) is 0. The smallest absolute Gasteiger partial charge is 0.266 e. The molecule has 4 nitrogen and oxygen atoms in total. The lowest BCUT2D eigenvalue weighted by molar-refractivity contribution is -0.120. The third-order valence-electron chi connectivity index (χ3n) is 3.66. The summed E-state index contributed by atoms with van der Waals surface area (Å²) < 4.78 is 18.7. The molecule has 0 spiro atoms. The van der Waals surface area contributed by atoms with Gasteiger partial charge in [0.05, 0.1) is 10.7 Å². The first kappa shape index (κ1) is 19.1. The Kier molecular flexibility index (Phi) is 6.21. The van der Waals surface area contributed by atoms with Gasteiger partial charge >= 0.3 is 0 Å². The van der Waals surface area contributed by atoms with Gasteiger partial charge in [-0.05, 0) is 12.1 Å². The van der Waals surface area contributed by atoms with Crippen LogP contribution in [0.3, 0.4) is 0 Å². The number of hydrogen-bond donors (Lipinski definition) is 0. The molecule has 0 radical (unpaired) electrons. The Morgan fingerprint density at radius 1 is 1.30 bits per heavy atom. The number of amides is 1. The van der Waals surface area contributed by atoms with Crippen molar-refractivity contribution in [2.45, 2.75) is 0 Å². The monoisotopic (exact) mass is 402 g/mol. The minimum Gasteiger partial charge on any atom is -0.484 e. The predicted octanol–water partition coefficient (Wildman–Crippen LogP) is 5.20. The Hall–Kier alpha value is -2.70. The number of thiazole rings is 1. The molecule has 0 aliphatic heterocycles. The average Bonchev–Trinajstić information content (AvgIpc) is 3.17. The van der Waals surface area contributed by atoms with E-state index in [0.29, 0.717) is 17.4 Å². The molecule has 0 aliphatic rings. The topological polar surface area (TPSA) is 42.4 Å². The largest absolute Gasteiger partial charge is 0.484 e. The molecule has 1 amide bonds. The molecule has 138 valence electrons. The van der Waals surface area contributed by atoms with Gasteiger partial charge in [0.2, 0.25) is 0 Å². The number of anilines is 1. The second kappa shape index (κ2) is 8.79. The fourth-order valence-electron chi connectivity index (χ4n) is 2.34. The zero-order chi connectivity index (χ0) is 19.2. The molecule has 1 aromatic heterocycles. The third-order valence-corrected chi connectivity index (χ3v) is 4.81. The van der Waals surface area contributed by atoms with Gasteiger partial charge < -0.3 is 4.74 Å². The number of carbonyl (C=O) groups is 1. The Morgan fingerprint density at radius 3 is 2.78 bits per heavy atom. The van der Waals surface area contributed by atoms with Crippen LogP contribution in [-0.4, -0.2) is 24.0 Å². The molecular weight excluding hydrogens is 387 g/mol. The molecule has 0 unspecified atom stereocenters. The van der Waals surface area contributed by atoms with E-state index in [1.165, 1.54) is 34.4 Å². The third kappa shape index (κ3) is 4.72. The van der Waals surface area contributed by atoms with Gasteiger partial charge in [-0.3, -0.25) is 9.69 Å². The Labute approximate surface area is 165 Å². The summed E-state index contributed by atoms with van der Waals surface area (Å²) in [6.45, 7) is 3.77. The lowest BCUT2D eigenvalue weighted by atomic mass is 10.2. The van der Waals surface area contributed by atoms with E-state index in [0.717, 1.165) is 11.3 Å². The molecule has 1 heterocycles. The lowest BCUT2D eigenvalue weighted by Gasteiger charge is -2.18. The van der Waals surface area contributed by atoms with Gasteiger partial charge in [-0.15, -0.1) is 17.9 Å². The van der Waals surface area contributed by atoms with Gasteiger partial charge in [-0.1, -0.05) is 48.0 Å². The summed E-state index contributed by atoms with van der Waals surface area (Å²) in [6, 6.07) is 13.7. The van der Waals surface area contributed by atoms with Gasteiger partial charge in [0.15, 0.2) is 11.7 Å². The van der Waals surface area contributed by atoms with Gasteiger partial charge in [-0.25, -0.2) is 9.37 Å². The second-order valence-electron chi connectivity index (χ2n) is 5.54. The van der Waals surface area contributed by atoms with Crippen LogP contribution in [0.4, 0.5) is 9.52 Å². The molecule has 27 heavy (non-hydrogen) atoms. The molecular formula is C20H16ClFN2O2S. The van der Waals surface area contributed by atoms with Crippen LogP contribution in [0.15, 0.2) is 66.6 Å². The van der Waals surface area contributed by atoms with Crippen molar-refractivity contribution in [1.82, 2.24) is 4.98 Å². The highest BCUT2D eigenvalue weighted by Crippen LogP contribution is 2.28. The molecule has 2 aromatic carbocycles. The van der Waals surface area contributed by atoms with Crippen molar-refractivity contribution in [3.63, 3.8) is 0 Å². The highest BCUT2D eigenvalue weighted by molar-refractivity contribution is 7.14. The highest BCUT2D eigenvalue weighted by atomic mass is 35.5. The van der Waals surface area contributed by atoms with E-state index in [4.69, 9.17) is 16.3 Å². The number of halogens is 2. The van der Waals surface area contributed by atoms with Gasteiger partial charge in [0.25, 0.3) is 5.91 Å². The second-order valence-corrected chi connectivity index (χ2v) is 6.78. The number of carbonyl (C=O) groups excluding carboxylic acids is 1. The van der Waals surface area contributed by atoms with Crippen LogP contribution in [0.5, 0.6) is 5.75 Å². The molecule has 3 aromatic rings. The number of ether oxygens (including phenoxy) is 1. The fraction of sp³-hybridized carbons (Fsp3) is 0.100. The average molecular weight is 403 g/mol. The van der Waals surface area contributed by atoms with Crippen LogP contribution in [-0.2, 0) is 4.79 Å². The number of rotatable bonds is 7. The first-order valence-electron chi connectivity index (χ1n) is 8.08. The molecule has 7 heteroatoms. The standard InChI is InChI=1S/C20H16ClFN2O2S/c1-2-10-24(19(25)12-26-15-8-9-17(22)16(21)11-15)20-23-18(13-27-20)14-6-4-3-5-7-14/h2-9,11,13H,1,10,12H2. The van der Waals surface area contributed by atoms with E-state index >= 15 is 0 Å². The van der Waals surface area contributed by atoms with Crippen molar-refractivity contribution in [3.05, 3.63) is 77.4 Å². The summed E-state index contributed by atoms with van der Waals surface area (Å²) in [5, 5.41) is 2.39. The molecule has 0 saturated carbocycles. The minimum absolute atomic E-state index is 0.0599. The van der Waals surface area contributed by atoms with Crippen LogP contribution >= 0.6 is 22.9 Å². The molecule has 0 saturated heterocycles. The maximum absolute atomic E-state index is 13.2. The highest BCUT2D eigenvalue weighted by Gasteiger charge is 2.19. The van der Waals surface area contributed by atoms with E-state index in [2.05, 4.69) is 11.6 Å². The number of nitrogens with zero attached hydrogens (tertiary/aromatic N) is 2. The molecule has 3 rings (SSSR count). The fourth-order valence-corrected chi connectivity index (χ4v) is 3.37. The SMILES string of the molecule is C=CCN(C(=O)COc1ccc(F)c(Cl)c1)c1nc(-c2ccccc2)cs1. The molecule has 0 atom stereocenters. The summed E-state index contributed by atoms with van der Waals surface area (Å²) in [5.41, 5.74) is 1.77. The van der Waals surface area contributed by atoms with Crippen LogP contribution in [0.1, 0.15) is 0 Å². The Morgan fingerprint density at radius 2 is 2.07 bits per heavy atom. The van der Waals surface area contributed by atoms with Crippen LogP contribution in [0.2, 0.25) is 5.02 Å². The Bertz CT molecular complexity index is 946. The van der Waals surface area contributed by atoms with E-state index in [-0.39, 0.29) is 17.5 Å². The number of benzene rings is 2. The molecule has 0 bridgehead atoms. The van der Waals surface area contributed by atoms with Crippen LogP contribution in [0.25, 0.3) is 11.3 Å². The number of aromatic nitrogens is 1. The summed E-state index contributed by atoms with van der Waals surface area (Å²) in [5.74, 6) is -0.512. The van der Waals surface area contributed by atoms with Crippen molar-refractivity contribution in [2.24, 2.45) is 0 Å². The van der Waals surface area contributed by atoms with Gasteiger partial charge in [0, 0.05) is 23.6 Å². The minimum atomic E-state index is -0.542. The summed E-state index contributed by atoms with van der Waals surface area (Å²) in [4.78, 5) is 18.7. The zero-order valence-electron chi connectivity index (χ0n) is 14.3. The van der Waals surface area contributed by atoms with Crippen molar-refractivity contribution in [2.75, 3.05) is 18.1 Å². The van der Waals surface area contributed by atoms with Crippen LogP contribution in [0, 0.1) is 5.82 Å². The summed E-state index contributed by atoms with van der Waals surface area (Å²) in [6.07, 6.45) is 1.62. The van der Waals surface area contributed by atoms with E-state index in [9.17, 15) is 9.18 Å². The molecule has 0 N–H and O–H groups in total. The van der Waals surface area contributed by atoms with Gasteiger partial charge in [-0.2, -0.15) is 0 Å². The van der Waals surface area contributed by atoms with E-state index in [1.54, 1.807) is 6.08 Å². The maximum atomic E-state index is 13.2. The van der Waals surface area contributed by atoms with Gasteiger partial charge in [0.1, 0.15) is 11.6 Å². The first-order chi connectivity index (χ1) is 13.1. The maximum Gasteiger partial charge on any atom is 0.266 e. The number of hydrogen-bond acceptors (Lipinski definition) is 4. The normalized spacial score (nSPS) is 10.4. The van der Waals surface area contributed by atoms with E-state index in [1.807, 2.05) is 35.7 Å². The van der Waals surface area contributed by atoms with Crippen molar-refractivity contribution >= 4 is 34.0 Å². The van der Waals surface area contributed by atoms with Crippen molar-refractivity contribution in [3.8, 4) is 17.0 Å². The van der Waals surface area contributed by atoms with Crippen LogP contribution < -0.4 is 9.64 Å². The lowest BCUT2D eigenvalue weighted by Crippen LogP contribution is -2.35. The van der Waals surface area contributed by atoms with Crippen molar-refractivity contribution in [1.29, 1.82) is 0 Å². The van der Waals surface area contributed by atoms with Crippen molar-refractivity contribution < 1.29 is 13.9 Å². The Balaban J connectivity index is 1.72. The van der Waals surface area contributed by atoms with E-state index < -0.39 is 5.82 Å². The molecule has 0 aliphatic carbocycles. The zero-order valence-corrected chi connectivity index (χ0v) is 15.8. The quantitative estimate of drug-likeness (QED) is 0.510.